The molecule has 2 aromatic carbocycles. The van der Waals surface area contributed by atoms with Gasteiger partial charge in [0, 0.05) is 18.7 Å². The van der Waals surface area contributed by atoms with Crippen LogP contribution < -0.4 is 10.1 Å². The van der Waals surface area contributed by atoms with Crippen LogP contribution in [0.1, 0.15) is 93.1 Å². The summed E-state index contributed by atoms with van der Waals surface area (Å²) in [7, 11) is 0. The number of carboxylic acids is 1. The fourth-order valence-electron chi connectivity index (χ4n) is 6.22. The third kappa shape index (κ3) is 6.28. The maximum absolute atomic E-state index is 14.8. The van der Waals surface area contributed by atoms with Crippen molar-refractivity contribution in [3.63, 3.8) is 0 Å². The molecule has 1 unspecified atom stereocenters. The summed E-state index contributed by atoms with van der Waals surface area (Å²) in [5.74, 6) is -0.396. The molecule has 0 heterocycles. The highest BCUT2D eigenvalue weighted by Crippen LogP contribution is 2.44. The summed E-state index contributed by atoms with van der Waals surface area (Å²) in [4.78, 5) is 24.9. The minimum Gasteiger partial charge on any atom is -0.490 e. The van der Waals surface area contributed by atoms with Gasteiger partial charge in [0.25, 0.3) is 0 Å². The molecule has 2 N–H and O–H groups in total. The molecular weight excluding hydrogens is 493 g/mol. The summed E-state index contributed by atoms with van der Waals surface area (Å²) in [6, 6.07) is 7.83. The number of nitrogens with one attached hydrogen (secondary N) is 1. The molecule has 37 heavy (non-hydrogen) atoms. The molecule has 0 bridgehead atoms. The Kier molecular flexibility index (Phi) is 8.79. The Labute approximate surface area is 223 Å². The van der Waals surface area contributed by atoms with E-state index in [1.54, 1.807) is 24.3 Å². The van der Waals surface area contributed by atoms with E-state index in [4.69, 9.17) is 16.3 Å². The number of carboxylic acid groups (broad SMARTS) is 1. The lowest BCUT2D eigenvalue weighted by molar-refractivity contribution is -0.124. The lowest BCUT2D eigenvalue weighted by Crippen LogP contribution is -2.36. The Morgan fingerprint density at radius 3 is 2.68 bits per heavy atom. The molecule has 2 aliphatic carbocycles. The molecule has 0 spiro atoms. The molecule has 2 aliphatic rings. The zero-order valence-corrected chi connectivity index (χ0v) is 22.5. The first-order chi connectivity index (χ1) is 17.7. The molecule has 0 amide bonds. The van der Waals surface area contributed by atoms with Crippen molar-refractivity contribution in [2.45, 2.75) is 89.6 Å². The highest BCUT2D eigenvalue weighted by Gasteiger charge is 2.41. The molecule has 1 saturated carbocycles. The van der Waals surface area contributed by atoms with Gasteiger partial charge in [-0.3, -0.25) is 4.79 Å². The van der Waals surface area contributed by atoms with Crippen LogP contribution >= 0.6 is 11.6 Å². The number of hydrogen-bond donors (Lipinski definition) is 2. The zero-order valence-electron chi connectivity index (χ0n) is 21.7. The molecule has 7 heteroatoms. The van der Waals surface area contributed by atoms with Gasteiger partial charge in [-0.05, 0) is 99.7 Å². The first kappa shape index (κ1) is 27.4. The number of hydrogen-bond acceptors (Lipinski definition) is 4. The first-order valence-electron chi connectivity index (χ1n) is 13.5. The fraction of sp³-hybridized carbons (Fsp3) is 0.533. The number of Topliss-reactive ketones (excluding diaryl/α,β-unsaturated/α-hetero) is 1. The van der Waals surface area contributed by atoms with Gasteiger partial charge in [-0.25, -0.2) is 9.18 Å². The summed E-state index contributed by atoms with van der Waals surface area (Å²) in [5, 5.41) is 12.7. The van der Waals surface area contributed by atoms with Crippen molar-refractivity contribution in [2.75, 3.05) is 11.9 Å². The maximum atomic E-state index is 14.8. The molecule has 0 saturated heterocycles. The smallest absolute Gasteiger partial charge is 0.337 e. The predicted molar refractivity (Wildman–Crippen MR) is 144 cm³/mol. The van der Waals surface area contributed by atoms with Crippen LogP contribution in [0.4, 0.5) is 10.1 Å². The molecule has 0 radical (unpaired) electrons. The van der Waals surface area contributed by atoms with E-state index < -0.39 is 11.4 Å². The topological polar surface area (TPSA) is 75.6 Å². The second kappa shape index (κ2) is 11.8. The van der Waals surface area contributed by atoms with Crippen molar-refractivity contribution in [3.8, 4) is 5.75 Å². The van der Waals surface area contributed by atoms with E-state index >= 15 is 0 Å². The largest absolute Gasteiger partial charge is 0.490 e. The zero-order chi connectivity index (χ0) is 26.6. The van der Waals surface area contributed by atoms with E-state index in [9.17, 15) is 19.1 Å². The van der Waals surface area contributed by atoms with Gasteiger partial charge in [0.2, 0.25) is 0 Å². The van der Waals surface area contributed by atoms with Crippen molar-refractivity contribution in [3.05, 3.63) is 57.9 Å². The average molecular weight is 530 g/mol. The number of aromatic carboxylic acids is 1. The highest BCUT2D eigenvalue weighted by molar-refractivity contribution is 6.33. The first-order valence-corrected chi connectivity index (χ1v) is 13.9. The minimum absolute atomic E-state index is 0.0483. The molecule has 2 aromatic rings. The lowest BCUT2D eigenvalue weighted by atomic mass is 9.68. The van der Waals surface area contributed by atoms with Gasteiger partial charge in [-0.1, -0.05) is 30.9 Å². The fourth-order valence-corrected chi connectivity index (χ4v) is 6.47. The van der Waals surface area contributed by atoms with E-state index in [2.05, 4.69) is 5.32 Å². The van der Waals surface area contributed by atoms with E-state index in [1.165, 1.54) is 6.07 Å². The van der Waals surface area contributed by atoms with E-state index in [0.717, 1.165) is 68.2 Å². The molecule has 4 rings (SSSR count). The maximum Gasteiger partial charge on any atom is 0.337 e. The number of carbonyl (C=O) groups excluding carboxylic acids is 1. The van der Waals surface area contributed by atoms with Gasteiger partial charge in [0.15, 0.2) is 0 Å². The number of ether oxygens (including phenoxy) is 1. The van der Waals surface area contributed by atoms with Crippen LogP contribution in [0.3, 0.4) is 0 Å². The molecular formula is C30H37ClFNO4. The summed E-state index contributed by atoms with van der Waals surface area (Å²) >= 11 is 6.17. The Balaban J connectivity index is 1.59. The van der Waals surface area contributed by atoms with Gasteiger partial charge >= 0.3 is 5.97 Å². The number of carbonyl (C=O) groups is 2. The summed E-state index contributed by atoms with van der Waals surface area (Å²) in [6.07, 6.45) is 8.53. The lowest BCUT2D eigenvalue weighted by Gasteiger charge is -2.36. The van der Waals surface area contributed by atoms with Crippen LogP contribution in [0.2, 0.25) is 5.02 Å². The van der Waals surface area contributed by atoms with E-state index in [-0.39, 0.29) is 34.2 Å². The van der Waals surface area contributed by atoms with Crippen molar-refractivity contribution >= 4 is 29.0 Å². The Morgan fingerprint density at radius 2 is 1.95 bits per heavy atom. The van der Waals surface area contributed by atoms with Crippen molar-refractivity contribution in [1.82, 2.24) is 0 Å². The number of benzene rings is 2. The minimum atomic E-state index is -1.07. The molecule has 200 valence electrons. The van der Waals surface area contributed by atoms with Gasteiger partial charge in [0.05, 0.1) is 22.1 Å². The molecule has 0 aliphatic heterocycles. The van der Waals surface area contributed by atoms with Gasteiger partial charge < -0.3 is 15.2 Å². The number of halogens is 2. The van der Waals surface area contributed by atoms with Crippen molar-refractivity contribution in [1.29, 1.82) is 0 Å². The SMILES string of the molecule is CCNc1cc(F)cc2c1CCCC(=O)[C@@]2(C)CC1CCCCC[C@@H](Oc2ccc(C(=O)O)c(Cl)c2)C1. The third-order valence-corrected chi connectivity index (χ3v) is 8.34. The summed E-state index contributed by atoms with van der Waals surface area (Å²) in [6.45, 7) is 4.70. The average Bonchev–Trinajstić information content (AvgIpc) is 2.93. The monoisotopic (exact) mass is 529 g/mol. The van der Waals surface area contributed by atoms with E-state index in [0.29, 0.717) is 25.1 Å². The summed E-state index contributed by atoms with van der Waals surface area (Å²) < 4.78 is 21.1. The van der Waals surface area contributed by atoms with Crippen molar-refractivity contribution in [2.24, 2.45) is 5.92 Å². The van der Waals surface area contributed by atoms with Gasteiger partial charge in [-0.15, -0.1) is 0 Å². The van der Waals surface area contributed by atoms with Crippen LogP contribution in [0.5, 0.6) is 5.75 Å². The standard InChI is InChI=1S/C30H37ClFNO4/c1-3-33-27-16-20(32)15-25-23(27)10-7-11-28(34)30(25,2)18-19-8-5-4-6-9-21(14-19)37-22-12-13-24(29(35)36)26(31)17-22/h12-13,15-17,19,21,33H,3-11,14,18H2,1-2H3,(H,35,36)/t19?,21-,30+/m1/s1. The second-order valence-corrected chi connectivity index (χ2v) is 11.2. The van der Waals surface area contributed by atoms with Crippen molar-refractivity contribution < 1.29 is 23.8 Å². The molecule has 5 nitrogen and oxygen atoms in total. The van der Waals surface area contributed by atoms with Gasteiger partial charge in [0.1, 0.15) is 17.3 Å². The highest BCUT2D eigenvalue weighted by atomic mass is 35.5. The Hall–Kier alpha value is -2.60. The van der Waals surface area contributed by atoms with Crippen LogP contribution in [0.25, 0.3) is 0 Å². The molecule has 0 aromatic heterocycles. The number of rotatable bonds is 7. The van der Waals surface area contributed by atoms with Crippen LogP contribution in [-0.2, 0) is 16.6 Å². The Bertz CT molecular complexity index is 1150. The van der Waals surface area contributed by atoms with Crippen LogP contribution in [-0.4, -0.2) is 29.5 Å². The Morgan fingerprint density at radius 1 is 1.16 bits per heavy atom. The number of fused-ring (bicyclic) bond motifs is 1. The third-order valence-electron chi connectivity index (χ3n) is 8.03. The number of ketones is 1. The second-order valence-electron chi connectivity index (χ2n) is 10.7. The molecule has 3 atom stereocenters. The quantitative estimate of drug-likeness (QED) is 0.361. The van der Waals surface area contributed by atoms with Crippen LogP contribution in [0.15, 0.2) is 30.3 Å². The normalized spacial score (nSPS) is 24.4. The van der Waals surface area contributed by atoms with Crippen LogP contribution in [0, 0.1) is 11.7 Å². The predicted octanol–water partition coefficient (Wildman–Crippen LogP) is 7.58. The van der Waals surface area contributed by atoms with E-state index in [1.807, 2.05) is 13.8 Å². The molecule has 1 fully saturated rings. The van der Waals surface area contributed by atoms with Gasteiger partial charge in [-0.2, -0.15) is 0 Å². The summed E-state index contributed by atoms with van der Waals surface area (Å²) in [5.41, 5.74) is 2.01. The number of anilines is 1.